The fraction of sp³-hybridized carbons (Fsp3) is 0.435. The number of likely N-dealkylation sites (tertiary alicyclic amines) is 1. The first-order chi connectivity index (χ1) is 14.5. The van der Waals surface area contributed by atoms with Crippen molar-refractivity contribution in [1.29, 1.82) is 0 Å². The fourth-order valence-corrected chi connectivity index (χ4v) is 5.33. The molecule has 30 heavy (non-hydrogen) atoms. The molecular formula is C23H28N4O2S. The van der Waals surface area contributed by atoms with Gasteiger partial charge in [0.1, 0.15) is 4.83 Å². The number of hydrogen-bond donors (Lipinski definition) is 0. The van der Waals surface area contributed by atoms with E-state index in [-0.39, 0.29) is 17.7 Å². The third kappa shape index (κ3) is 3.74. The van der Waals surface area contributed by atoms with Crippen LogP contribution in [0, 0.1) is 12.8 Å². The van der Waals surface area contributed by atoms with Crippen LogP contribution in [0.3, 0.4) is 0 Å². The maximum Gasteiger partial charge on any atom is 0.264 e. The highest BCUT2D eigenvalue weighted by atomic mass is 32.1. The highest BCUT2D eigenvalue weighted by Crippen LogP contribution is 2.32. The van der Waals surface area contributed by atoms with Gasteiger partial charge in [0.05, 0.1) is 16.3 Å². The largest absolute Gasteiger partial charge is 0.343 e. The zero-order valence-electron chi connectivity index (χ0n) is 17.8. The van der Waals surface area contributed by atoms with Gasteiger partial charge in [-0.2, -0.15) is 5.10 Å². The minimum absolute atomic E-state index is 0.0326. The van der Waals surface area contributed by atoms with Gasteiger partial charge in [-0.05, 0) is 51.8 Å². The van der Waals surface area contributed by atoms with Crippen LogP contribution in [-0.2, 0) is 4.79 Å². The number of para-hydroxylation sites is 1. The second-order valence-electron chi connectivity index (χ2n) is 7.74. The average molecular weight is 425 g/mol. The van der Waals surface area contributed by atoms with Gasteiger partial charge in [-0.15, -0.1) is 11.3 Å². The molecule has 2 aromatic heterocycles. The lowest BCUT2D eigenvalue weighted by molar-refractivity contribution is -0.136. The zero-order chi connectivity index (χ0) is 21.3. The second-order valence-corrected chi connectivity index (χ2v) is 8.77. The van der Waals surface area contributed by atoms with Gasteiger partial charge in [0.25, 0.3) is 5.91 Å². The van der Waals surface area contributed by atoms with E-state index in [9.17, 15) is 9.59 Å². The van der Waals surface area contributed by atoms with E-state index in [0.29, 0.717) is 13.1 Å². The highest BCUT2D eigenvalue weighted by molar-refractivity contribution is 7.20. The summed E-state index contributed by atoms with van der Waals surface area (Å²) in [4.78, 5) is 31.3. The molecule has 0 radical (unpaired) electrons. The number of piperidine rings is 1. The number of benzene rings is 1. The number of thiophene rings is 1. The van der Waals surface area contributed by atoms with Crippen LogP contribution in [0.25, 0.3) is 15.9 Å². The lowest BCUT2D eigenvalue weighted by atomic mass is 9.95. The van der Waals surface area contributed by atoms with Gasteiger partial charge >= 0.3 is 0 Å². The molecule has 3 heterocycles. The molecule has 1 aliphatic rings. The quantitative estimate of drug-likeness (QED) is 0.619. The Morgan fingerprint density at radius 2 is 1.80 bits per heavy atom. The lowest BCUT2D eigenvalue weighted by Gasteiger charge is -2.33. The number of hydrogen-bond acceptors (Lipinski definition) is 4. The first-order valence-electron chi connectivity index (χ1n) is 10.7. The van der Waals surface area contributed by atoms with E-state index in [1.54, 1.807) is 0 Å². The topological polar surface area (TPSA) is 58.4 Å². The molecule has 3 aromatic rings. The molecule has 4 rings (SSSR count). The van der Waals surface area contributed by atoms with Crippen LogP contribution in [0.4, 0.5) is 0 Å². The molecule has 0 N–H and O–H groups in total. The summed E-state index contributed by atoms with van der Waals surface area (Å²) in [6.07, 6.45) is 1.48. The first kappa shape index (κ1) is 20.6. The molecule has 0 bridgehead atoms. The Morgan fingerprint density at radius 3 is 2.43 bits per heavy atom. The highest BCUT2D eigenvalue weighted by Gasteiger charge is 2.30. The molecule has 1 aliphatic heterocycles. The number of amides is 2. The van der Waals surface area contributed by atoms with Crippen LogP contribution >= 0.6 is 11.3 Å². The summed E-state index contributed by atoms with van der Waals surface area (Å²) in [7, 11) is 0. The summed E-state index contributed by atoms with van der Waals surface area (Å²) in [6, 6.07) is 12.0. The van der Waals surface area contributed by atoms with Gasteiger partial charge in [-0.1, -0.05) is 18.2 Å². The number of aromatic nitrogens is 2. The van der Waals surface area contributed by atoms with Gasteiger partial charge in [0.15, 0.2) is 0 Å². The molecule has 0 atom stereocenters. The van der Waals surface area contributed by atoms with E-state index >= 15 is 0 Å². The zero-order valence-corrected chi connectivity index (χ0v) is 18.6. The standard InChI is InChI=1S/C23H28N4O2S/c1-4-25(5-2)21(28)17-11-13-26(14-12-17)22(29)20-15-19-16(3)24-27(23(19)30-20)18-9-7-6-8-10-18/h6-10,15,17H,4-5,11-14H2,1-3H3. The number of aryl methyl sites for hydroxylation is 1. The summed E-state index contributed by atoms with van der Waals surface area (Å²) >= 11 is 1.49. The number of fused-ring (bicyclic) bond motifs is 1. The predicted molar refractivity (Wildman–Crippen MR) is 120 cm³/mol. The number of carbonyl (C=O) groups is 2. The van der Waals surface area contributed by atoms with Crippen molar-refractivity contribution in [2.45, 2.75) is 33.6 Å². The molecule has 2 amide bonds. The van der Waals surface area contributed by atoms with Crippen LogP contribution in [-0.4, -0.2) is 57.6 Å². The molecule has 1 fully saturated rings. The van der Waals surface area contributed by atoms with Gasteiger partial charge in [-0.25, -0.2) is 4.68 Å². The van der Waals surface area contributed by atoms with Gasteiger partial charge in [0, 0.05) is 37.5 Å². The summed E-state index contributed by atoms with van der Waals surface area (Å²) in [5.41, 5.74) is 1.92. The van der Waals surface area contributed by atoms with Crippen molar-refractivity contribution in [3.8, 4) is 5.69 Å². The van der Waals surface area contributed by atoms with Crippen LogP contribution in [0.15, 0.2) is 36.4 Å². The third-order valence-corrected chi connectivity index (χ3v) is 7.06. The van der Waals surface area contributed by atoms with Crippen molar-refractivity contribution in [2.75, 3.05) is 26.2 Å². The Bertz CT molecular complexity index is 1040. The Morgan fingerprint density at radius 1 is 1.13 bits per heavy atom. The lowest BCUT2D eigenvalue weighted by Crippen LogP contribution is -2.44. The van der Waals surface area contributed by atoms with Crippen molar-refractivity contribution >= 4 is 33.4 Å². The average Bonchev–Trinajstić information content (AvgIpc) is 3.35. The van der Waals surface area contributed by atoms with Gasteiger partial charge in [0.2, 0.25) is 5.91 Å². The Balaban J connectivity index is 1.50. The molecule has 6 nitrogen and oxygen atoms in total. The summed E-state index contributed by atoms with van der Waals surface area (Å²) in [6.45, 7) is 8.76. The van der Waals surface area contributed by atoms with E-state index in [4.69, 9.17) is 0 Å². The predicted octanol–water partition coefficient (Wildman–Crippen LogP) is 4.12. The molecule has 0 aliphatic carbocycles. The van der Waals surface area contributed by atoms with Gasteiger partial charge < -0.3 is 9.80 Å². The van der Waals surface area contributed by atoms with Crippen molar-refractivity contribution in [1.82, 2.24) is 19.6 Å². The SMILES string of the molecule is CCN(CC)C(=O)C1CCN(C(=O)c2cc3c(C)nn(-c4ccccc4)c3s2)CC1. The monoisotopic (exact) mass is 424 g/mol. The maximum atomic E-state index is 13.2. The van der Waals surface area contributed by atoms with Crippen LogP contribution < -0.4 is 0 Å². The second kappa shape index (κ2) is 8.60. The molecule has 0 spiro atoms. The Labute approximate surface area is 181 Å². The molecule has 0 unspecified atom stereocenters. The Hall–Kier alpha value is -2.67. The van der Waals surface area contributed by atoms with Crippen molar-refractivity contribution in [3.63, 3.8) is 0 Å². The van der Waals surface area contributed by atoms with Crippen molar-refractivity contribution in [3.05, 3.63) is 47.0 Å². The Kier molecular flexibility index (Phi) is 5.90. The van der Waals surface area contributed by atoms with E-state index in [1.165, 1.54) is 11.3 Å². The molecule has 158 valence electrons. The number of nitrogens with zero attached hydrogens (tertiary/aromatic N) is 4. The van der Waals surface area contributed by atoms with E-state index < -0.39 is 0 Å². The minimum Gasteiger partial charge on any atom is -0.343 e. The van der Waals surface area contributed by atoms with E-state index in [0.717, 1.165) is 52.4 Å². The van der Waals surface area contributed by atoms with Gasteiger partial charge in [-0.3, -0.25) is 9.59 Å². The van der Waals surface area contributed by atoms with Crippen LogP contribution in [0.2, 0.25) is 0 Å². The molecule has 1 aromatic carbocycles. The smallest absolute Gasteiger partial charge is 0.264 e. The third-order valence-electron chi connectivity index (χ3n) is 5.96. The number of rotatable bonds is 5. The summed E-state index contributed by atoms with van der Waals surface area (Å²) in [5.74, 6) is 0.321. The first-order valence-corrected chi connectivity index (χ1v) is 11.5. The minimum atomic E-state index is 0.0326. The maximum absolute atomic E-state index is 13.2. The number of carbonyl (C=O) groups excluding carboxylic acids is 2. The molecule has 7 heteroatoms. The molecular weight excluding hydrogens is 396 g/mol. The van der Waals surface area contributed by atoms with Crippen molar-refractivity contribution in [2.24, 2.45) is 5.92 Å². The van der Waals surface area contributed by atoms with Crippen LogP contribution in [0.5, 0.6) is 0 Å². The molecule has 0 saturated carbocycles. The van der Waals surface area contributed by atoms with Crippen molar-refractivity contribution < 1.29 is 9.59 Å². The summed E-state index contributed by atoms with van der Waals surface area (Å²) < 4.78 is 1.92. The molecule has 1 saturated heterocycles. The fourth-order valence-electron chi connectivity index (χ4n) is 4.18. The summed E-state index contributed by atoms with van der Waals surface area (Å²) in [5, 5.41) is 5.68. The normalized spacial score (nSPS) is 15.0. The van der Waals surface area contributed by atoms with E-state index in [1.807, 2.05) is 71.7 Å². The van der Waals surface area contributed by atoms with Crippen LogP contribution in [0.1, 0.15) is 42.1 Å². The van der Waals surface area contributed by atoms with E-state index in [2.05, 4.69) is 5.10 Å².